The third kappa shape index (κ3) is 5.35. The highest BCUT2D eigenvalue weighted by Gasteiger charge is 2.12. The number of rotatable bonds is 7. The van der Waals surface area contributed by atoms with Crippen molar-refractivity contribution in [3.63, 3.8) is 0 Å². The number of anilines is 1. The first-order chi connectivity index (χ1) is 9.37. The molecule has 4 heteroatoms. The summed E-state index contributed by atoms with van der Waals surface area (Å²) < 4.78 is 0. The summed E-state index contributed by atoms with van der Waals surface area (Å²) in [6, 6.07) is 1.96. The van der Waals surface area contributed by atoms with Gasteiger partial charge in [0.25, 0.3) is 0 Å². The van der Waals surface area contributed by atoms with Gasteiger partial charge >= 0.3 is 0 Å². The Bertz CT molecular complexity index is 453. The molecule has 1 aromatic heterocycles. The topological polar surface area (TPSA) is 28.2 Å². The minimum Gasteiger partial charge on any atom is -0.348 e. The largest absolute Gasteiger partial charge is 0.348 e. The van der Waals surface area contributed by atoms with Crippen LogP contribution in [-0.4, -0.2) is 23.6 Å². The lowest BCUT2D eigenvalue weighted by atomic mass is 10.1. The Kier molecular flexibility index (Phi) is 6.24. The number of hydrogen-bond acceptors (Lipinski definition) is 3. The minimum absolute atomic E-state index is 0.0723. The van der Waals surface area contributed by atoms with Crippen molar-refractivity contribution in [1.29, 1.82) is 0 Å². The van der Waals surface area contributed by atoms with Gasteiger partial charge in [0.1, 0.15) is 5.82 Å². The molecule has 0 amide bonds. The van der Waals surface area contributed by atoms with Crippen LogP contribution in [0.15, 0.2) is 37.6 Å². The average molecular weight is 294 g/mol. The van der Waals surface area contributed by atoms with Crippen molar-refractivity contribution in [3.05, 3.63) is 48.2 Å². The molecule has 0 fully saturated rings. The zero-order valence-corrected chi connectivity index (χ0v) is 13.4. The van der Waals surface area contributed by atoms with Crippen LogP contribution in [0.4, 0.5) is 5.82 Å². The summed E-state index contributed by atoms with van der Waals surface area (Å²) in [6.45, 7) is 16.0. The van der Waals surface area contributed by atoms with Crippen LogP contribution in [0.3, 0.4) is 0 Å². The van der Waals surface area contributed by atoms with E-state index >= 15 is 0 Å². The monoisotopic (exact) mass is 293 g/mol. The zero-order valence-electron chi connectivity index (χ0n) is 12.6. The highest BCUT2D eigenvalue weighted by Crippen LogP contribution is 2.24. The van der Waals surface area contributed by atoms with Crippen molar-refractivity contribution in [2.75, 3.05) is 18.0 Å². The van der Waals surface area contributed by atoms with Crippen LogP contribution < -0.4 is 10.2 Å². The lowest BCUT2D eigenvalue weighted by molar-refractivity contribution is 0.424. The van der Waals surface area contributed by atoms with Gasteiger partial charge in [0.2, 0.25) is 0 Å². The molecule has 0 aliphatic carbocycles. The molecule has 1 rings (SSSR count). The summed E-state index contributed by atoms with van der Waals surface area (Å²) in [4.78, 5) is 6.51. The Morgan fingerprint density at radius 2 is 1.90 bits per heavy atom. The van der Waals surface area contributed by atoms with Crippen LogP contribution in [-0.2, 0) is 6.54 Å². The lowest BCUT2D eigenvalue weighted by Gasteiger charge is -2.23. The molecule has 110 valence electrons. The van der Waals surface area contributed by atoms with E-state index in [1.165, 1.54) is 0 Å². The molecule has 1 heterocycles. The second-order valence-electron chi connectivity index (χ2n) is 5.73. The van der Waals surface area contributed by atoms with Crippen LogP contribution in [0.2, 0.25) is 5.02 Å². The van der Waals surface area contributed by atoms with Gasteiger partial charge in [0, 0.05) is 31.4 Å². The van der Waals surface area contributed by atoms with Crippen molar-refractivity contribution in [3.8, 4) is 0 Å². The van der Waals surface area contributed by atoms with Gasteiger partial charge < -0.3 is 10.2 Å². The maximum absolute atomic E-state index is 6.35. The normalized spacial score (nSPS) is 11.2. The van der Waals surface area contributed by atoms with Crippen molar-refractivity contribution >= 4 is 17.4 Å². The Balaban J connectivity index is 2.85. The first-order valence-electron chi connectivity index (χ1n) is 6.73. The maximum Gasteiger partial charge on any atom is 0.147 e. The molecule has 0 unspecified atom stereocenters. The van der Waals surface area contributed by atoms with E-state index in [0.717, 1.165) is 17.9 Å². The van der Waals surface area contributed by atoms with Crippen LogP contribution in [0.1, 0.15) is 26.3 Å². The summed E-state index contributed by atoms with van der Waals surface area (Å²) in [6.07, 6.45) is 5.52. The predicted molar refractivity (Wildman–Crippen MR) is 88.4 cm³/mol. The molecule has 3 nitrogen and oxygen atoms in total. The molecule has 1 aromatic rings. The van der Waals surface area contributed by atoms with E-state index in [1.807, 2.05) is 29.3 Å². The molecule has 0 atom stereocenters. The summed E-state index contributed by atoms with van der Waals surface area (Å²) in [5.41, 5.74) is 1.15. The standard InChI is InChI=1S/C16H24ClN3/c1-6-8-20(9-7-2)15-14(17)10-13(11-18-15)12-19-16(3,4)5/h6-7,10-11,19H,1-2,8-9,12H2,3-5H3. The molecule has 0 aromatic carbocycles. The summed E-state index contributed by atoms with van der Waals surface area (Å²) >= 11 is 6.35. The molecule has 0 aliphatic rings. The van der Waals surface area contributed by atoms with Crippen LogP contribution in [0, 0.1) is 0 Å². The average Bonchev–Trinajstić information content (AvgIpc) is 2.35. The fourth-order valence-electron chi connectivity index (χ4n) is 1.73. The predicted octanol–water partition coefficient (Wildman–Crippen LogP) is 3.80. The van der Waals surface area contributed by atoms with E-state index in [0.29, 0.717) is 18.1 Å². The quantitative estimate of drug-likeness (QED) is 0.775. The Morgan fingerprint density at radius 1 is 1.30 bits per heavy atom. The molecule has 0 spiro atoms. The fraction of sp³-hybridized carbons (Fsp3) is 0.438. The minimum atomic E-state index is 0.0723. The van der Waals surface area contributed by atoms with E-state index < -0.39 is 0 Å². The van der Waals surface area contributed by atoms with Gasteiger partial charge in [0.15, 0.2) is 0 Å². The van der Waals surface area contributed by atoms with Gasteiger partial charge in [-0.25, -0.2) is 4.98 Å². The van der Waals surface area contributed by atoms with Crippen LogP contribution >= 0.6 is 11.6 Å². The molecule has 0 saturated carbocycles. The van der Waals surface area contributed by atoms with Crippen molar-refractivity contribution < 1.29 is 0 Å². The Morgan fingerprint density at radius 3 is 2.35 bits per heavy atom. The third-order valence-corrected chi connectivity index (χ3v) is 2.98. The lowest BCUT2D eigenvalue weighted by Crippen LogP contribution is -2.35. The highest BCUT2D eigenvalue weighted by molar-refractivity contribution is 6.33. The molecular formula is C16H24ClN3. The molecule has 20 heavy (non-hydrogen) atoms. The van der Waals surface area contributed by atoms with Crippen molar-refractivity contribution in [1.82, 2.24) is 10.3 Å². The number of halogens is 1. The molecule has 1 N–H and O–H groups in total. The first kappa shape index (κ1) is 16.7. The summed E-state index contributed by atoms with van der Waals surface area (Å²) in [5.74, 6) is 0.769. The number of nitrogens with one attached hydrogen (secondary N) is 1. The van der Waals surface area contributed by atoms with Crippen molar-refractivity contribution in [2.24, 2.45) is 0 Å². The Hall–Kier alpha value is -1.32. The van der Waals surface area contributed by atoms with Crippen LogP contribution in [0.25, 0.3) is 0 Å². The number of hydrogen-bond donors (Lipinski definition) is 1. The van der Waals surface area contributed by atoms with E-state index in [4.69, 9.17) is 11.6 Å². The molecular weight excluding hydrogens is 270 g/mol. The van der Waals surface area contributed by atoms with Crippen LogP contribution in [0.5, 0.6) is 0 Å². The van der Waals surface area contributed by atoms with E-state index in [1.54, 1.807) is 0 Å². The molecule has 0 bridgehead atoms. The van der Waals surface area contributed by atoms with Gasteiger partial charge in [0.05, 0.1) is 5.02 Å². The molecule has 0 aliphatic heterocycles. The van der Waals surface area contributed by atoms with Gasteiger partial charge in [-0.15, -0.1) is 13.2 Å². The summed E-state index contributed by atoms with van der Waals surface area (Å²) in [5, 5.41) is 4.07. The smallest absolute Gasteiger partial charge is 0.147 e. The molecule has 0 saturated heterocycles. The molecule has 0 radical (unpaired) electrons. The zero-order chi connectivity index (χ0) is 15.2. The van der Waals surface area contributed by atoms with Gasteiger partial charge in [-0.1, -0.05) is 23.8 Å². The number of aromatic nitrogens is 1. The second kappa shape index (κ2) is 7.46. The third-order valence-electron chi connectivity index (χ3n) is 2.70. The van der Waals surface area contributed by atoms with Gasteiger partial charge in [-0.2, -0.15) is 0 Å². The van der Waals surface area contributed by atoms with E-state index in [-0.39, 0.29) is 5.54 Å². The van der Waals surface area contributed by atoms with Gasteiger partial charge in [-0.3, -0.25) is 0 Å². The first-order valence-corrected chi connectivity index (χ1v) is 7.11. The van der Waals surface area contributed by atoms with E-state index in [9.17, 15) is 0 Å². The van der Waals surface area contributed by atoms with Gasteiger partial charge in [-0.05, 0) is 32.4 Å². The number of nitrogens with zero attached hydrogens (tertiary/aromatic N) is 2. The maximum atomic E-state index is 6.35. The van der Waals surface area contributed by atoms with Crippen molar-refractivity contribution in [2.45, 2.75) is 32.9 Å². The fourth-order valence-corrected chi connectivity index (χ4v) is 2.03. The SMILES string of the molecule is C=CCN(CC=C)c1ncc(CNC(C)(C)C)cc1Cl. The Labute approximate surface area is 127 Å². The second-order valence-corrected chi connectivity index (χ2v) is 6.14. The summed E-state index contributed by atoms with van der Waals surface area (Å²) in [7, 11) is 0. The van der Waals surface area contributed by atoms with E-state index in [2.05, 4.69) is 44.2 Å². The highest BCUT2D eigenvalue weighted by atomic mass is 35.5. The number of pyridine rings is 1.